The Labute approximate surface area is 187 Å². The van der Waals surface area contributed by atoms with Gasteiger partial charge >= 0.3 is 0 Å². The molecule has 0 aliphatic carbocycles. The van der Waals surface area contributed by atoms with E-state index in [1.54, 1.807) is 13.0 Å². The average Bonchev–Trinajstić information content (AvgIpc) is 3.22. The van der Waals surface area contributed by atoms with Crippen molar-refractivity contribution in [2.45, 2.75) is 32.2 Å². The van der Waals surface area contributed by atoms with Crippen molar-refractivity contribution in [3.63, 3.8) is 0 Å². The van der Waals surface area contributed by atoms with Crippen LogP contribution < -0.4 is 14.5 Å². The maximum Gasteiger partial charge on any atom is 0.248 e. The smallest absolute Gasteiger partial charge is 0.248 e. The maximum absolute atomic E-state index is 13.0. The van der Waals surface area contributed by atoms with E-state index in [2.05, 4.69) is 10.2 Å². The molecular weight excluding hydrogens is 445 g/mol. The first kappa shape index (κ1) is 22.7. The minimum Gasteiger partial charge on any atom is -0.372 e. The van der Waals surface area contributed by atoms with Crippen LogP contribution in [0.3, 0.4) is 0 Å². The number of nitrogens with one attached hydrogen (secondary N) is 1. The summed E-state index contributed by atoms with van der Waals surface area (Å²) in [5, 5.41) is 3.36. The summed E-state index contributed by atoms with van der Waals surface area (Å²) in [5.41, 5.74) is 1.89. The predicted octanol–water partition coefficient (Wildman–Crippen LogP) is 4.78. The highest BCUT2D eigenvalue weighted by atomic mass is 35.5. The molecule has 1 atom stereocenters. The topological polar surface area (TPSA) is 69.7 Å². The fraction of sp³-hybridized carbons (Fsp3) is 0.381. The molecular formula is C21H25Cl2N3O3S. The molecule has 0 spiro atoms. The number of rotatable bonds is 7. The van der Waals surface area contributed by atoms with Crippen LogP contribution in [0.15, 0.2) is 42.5 Å². The molecule has 9 heteroatoms. The van der Waals surface area contributed by atoms with E-state index >= 15 is 0 Å². The van der Waals surface area contributed by atoms with Gasteiger partial charge in [-0.25, -0.2) is 8.42 Å². The molecule has 1 aliphatic heterocycles. The summed E-state index contributed by atoms with van der Waals surface area (Å²) < 4.78 is 26.2. The van der Waals surface area contributed by atoms with Gasteiger partial charge in [0.25, 0.3) is 0 Å². The Morgan fingerprint density at radius 2 is 1.77 bits per heavy atom. The number of halogens is 2. The van der Waals surface area contributed by atoms with Crippen LogP contribution in [0.5, 0.6) is 0 Å². The van der Waals surface area contributed by atoms with Crippen molar-refractivity contribution in [3.05, 3.63) is 52.5 Å². The van der Waals surface area contributed by atoms with E-state index in [0.29, 0.717) is 10.7 Å². The Kier molecular flexibility index (Phi) is 7.16. The van der Waals surface area contributed by atoms with Crippen LogP contribution in [0.25, 0.3) is 0 Å². The molecule has 30 heavy (non-hydrogen) atoms. The molecule has 1 N–H and O–H groups in total. The lowest BCUT2D eigenvalue weighted by atomic mass is 10.1. The zero-order valence-corrected chi connectivity index (χ0v) is 19.3. The van der Waals surface area contributed by atoms with Gasteiger partial charge < -0.3 is 10.2 Å². The van der Waals surface area contributed by atoms with Crippen LogP contribution in [-0.4, -0.2) is 39.7 Å². The molecule has 0 aromatic heterocycles. The number of sulfonamides is 1. The number of nitrogens with zero attached hydrogens (tertiary/aromatic N) is 2. The van der Waals surface area contributed by atoms with E-state index in [1.165, 1.54) is 25.0 Å². The van der Waals surface area contributed by atoms with Gasteiger partial charge in [-0.15, -0.1) is 0 Å². The van der Waals surface area contributed by atoms with E-state index in [-0.39, 0.29) is 17.1 Å². The lowest BCUT2D eigenvalue weighted by Gasteiger charge is -2.30. The third-order valence-corrected chi connectivity index (χ3v) is 6.80. The van der Waals surface area contributed by atoms with Crippen LogP contribution in [0.1, 0.15) is 26.2 Å². The molecule has 2 aromatic rings. The van der Waals surface area contributed by atoms with Gasteiger partial charge in [0, 0.05) is 29.5 Å². The largest absolute Gasteiger partial charge is 0.372 e. The third kappa shape index (κ3) is 5.20. The summed E-state index contributed by atoms with van der Waals surface area (Å²) >= 11 is 12.3. The summed E-state index contributed by atoms with van der Waals surface area (Å²) in [6.07, 6.45) is 3.67. The predicted molar refractivity (Wildman–Crippen MR) is 124 cm³/mol. The van der Waals surface area contributed by atoms with Gasteiger partial charge in [-0.1, -0.05) is 30.1 Å². The minimum absolute atomic E-state index is 0.179. The number of hydrogen-bond donors (Lipinski definition) is 1. The molecule has 1 heterocycles. The Balaban J connectivity index is 1.84. The molecule has 1 aliphatic rings. The maximum atomic E-state index is 13.0. The first-order valence-corrected chi connectivity index (χ1v) is 12.4. The molecule has 2 aromatic carbocycles. The van der Waals surface area contributed by atoms with Gasteiger partial charge in [-0.2, -0.15) is 0 Å². The van der Waals surface area contributed by atoms with Crippen LogP contribution in [0.4, 0.5) is 17.1 Å². The summed E-state index contributed by atoms with van der Waals surface area (Å²) in [6, 6.07) is 11.1. The summed E-state index contributed by atoms with van der Waals surface area (Å²) in [4.78, 5) is 15.3. The number of hydrogen-bond acceptors (Lipinski definition) is 4. The Morgan fingerprint density at radius 3 is 2.33 bits per heavy atom. The fourth-order valence-corrected chi connectivity index (χ4v) is 5.29. The van der Waals surface area contributed by atoms with Gasteiger partial charge in [0.05, 0.1) is 17.0 Å². The molecule has 0 bridgehead atoms. The lowest BCUT2D eigenvalue weighted by molar-refractivity contribution is -0.117. The van der Waals surface area contributed by atoms with E-state index in [0.717, 1.165) is 29.3 Å². The van der Waals surface area contributed by atoms with Crippen LogP contribution >= 0.6 is 23.2 Å². The number of carbonyl (C=O) groups is 1. The van der Waals surface area contributed by atoms with Crippen molar-refractivity contribution in [2.24, 2.45) is 0 Å². The molecule has 0 unspecified atom stereocenters. The first-order chi connectivity index (χ1) is 14.2. The number of amides is 1. The highest BCUT2D eigenvalue weighted by Crippen LogP contribution is 2.33. The second-order valence-electron chi connectivity index (χ2n) is 7.31. The normalized spacial score (nSPS) is 15.1. The number of carbonyl (C=O) groups excluding carboxylic acids is 1. The SMILES string of the molecule is CC[C@@H](C(=O)Nc1ccc(N2CCCC2)cc1)N(c1cc(Cl)ccc1Cl)S(C)(=O)=O. The zero-order chi connectivity index (χ0) is 21.9. The van der Waals surface area contributed by atoms with Crippen molar-refractivity contribution in [2.75, 3.05) is 33.9 Å². The number of benzene rings is 2. The van der Waals surface area contributed by atoms with Crippen LogP contribution in [0, 0.1) is 0 Å². The van der Waals surface area contributed by atoms with Gasteiger partial charge in [0.1, 0.15) is 6.04 Å². The van der Waals surface area contributed by atoms with Crippen LogP contribution in [-0.2, 0) is 14.8 Å². The first-order valence-electron chi connectivity index (χ1n) is 9.81. The highest BCUT2D eigenvalue weighted by molar-refractivity contribution is 7.92. The monoisotopic (exact) mass is 469 g/mol. The van der Waals surface area contributed by atoms with Crippen LogP contribution in [0.2, 0.25) is 10.0 Å². The molecule has 1 saturated heterocycles. The van der Waals surface area contributed by atoms with E-state index in [1.807, 2.05) is 24.3 Å². The van der Waals surface area contributed by atoms with Gasteiger partial charge in [0.2, 0.25) is 15.9 Å². The van der Waals surface area contributed by atoms with Crippen molar-refractivity contribution >= 4 is 56.2 Å². The standard InChI is InChI=1S/C21H25Cl2N3O3S/c1-3-19(26(30(2,28)29)20-14-15(22)6-11-18(20)23)21(27)24-16-7-9-17(10-8-16)25-12-4-5-13-25/h6-11,14,19H,3-5,12-13H2,1-2H3,(H,24,27)/t19-/m0/s1. The van der Waals surface area contributed by atoms with Gasteiger partial charge in [-0.05, 0) is 61.7 Å². The van der Waals surface area contributed by atoms with Crippen molar-refractivity contribution in [1.29, 1.82) is 0 Å². The summed E-state index contributed by atoms with van der Waals surface area (Å²) in [5.74, 6) is -0.437. The van der Waals surface area contributed by atoms with E-state index in [4.69, 9.17) is 23.2 Å². The molecule has 162 valence electrons. The summed E-state index contributed by atoms with van der Waals surface area (Å²) in [6.45, 7) is 3.82. The lowest BCUT2D eigenvalue weighted by Crippen LogP contribution is -2.47. The average molecular weight is 470 g/mol. The van der Waals surface area contributed by atoms with E-state index < -0.39 is 22.0 Å². The molecule has 3 rings (SSSR count). The fourth-order valence-electron chi connectivity index (χ4n) is 3.65. The zero-order valence-electron chi connectivity index (χ0n) is 16.9. The second-order valence-corrected chi connectivity index (χ2v) is 10.0. The molecule has 6 nitrogen and oxygen atoms in total. The number of anilines is 3. The van der Waals surface area contributed by atoms with Gasteiger partial charge in [-0.3, -0.25) is 9.10 Å². The Morgan fingerprint density at radius 1 is 1.13 bits per heavy atom. The Bertz CT molecular complexity index is 1010. The van der Waals surface area contributed by atoms with Gasteiger partial charge in [0.15, 0.2) is 0 Å². The Hall–Kier alpha value is -1.96. The summed E-state index contributed by atoms with van der Waals surface area (Å²) in [7, 11) is -3.80. The molecule has 0 radical (unpaired) electrons. The molecule has 0 saturated carbocycles. The molecule has 1 amide bonds. The van der Waals surface area contributed by atoms with Crippen molar-refractivity contribution in [1.82, 2.24) is 0 Å². The van der Waals surface area contributed by atoms with E-state index in [9.17, 15) is 13.2 Å². The third-order valence-electron chi connectivity index (χ3n) is 5.08. The van der Waals surface area contributed by atoms with Crippen molar-refractivity contribution < 1.29 is 13.2 Å². The highest BCUT2D eigenvalue weighted by Gasteiger charge is 2.33. The second kappa shape index (κ2) is 9.45. The minimum atomic E-state index is -3.80. The quantitative estimate of drug-likeness (QED) is 0.633. The molecule has 1 fully saturated rings. The van der Waals surface area contributed by atoms with Crippen molar-refractivity contribution in [3.8, 4) is 0 Å².